The number of rotatable bonds is 13. The number of allylic oxidation sites excluding steroid dienone is 2. The molecule has 5 aliphatic rings. The van der Waals surface area contributed by atoms with Crippen molar-refractivity contribution in [3.8, 4) is 0 Å². The molecule has 296 valence electrons. The van der Waals surface area contributed by atoms with Crippen molar-refractivity contribution in [3.05, 3.63) is 36.5 Å². The molecule has 0 aromatic carbocycles. The van der Waals surface area contributed by atoms with Gasteiger partial charge in [-0.3, -0.25) is 19.2 Å². The van der Waals surface area contributed by atoms with E-state index >= 15 is 0 Å². The van der Waals surface area contributed by atoms with Crippen molar-refractivity contribution in [1.82, 2.24) is 10.6 Å². The van der Waals surface area contributed by atoms with Crippen LogP contribution >= 0.6 is 0 Å². The Morgan fingerprint density at radius 2 is 1.76 bits per heavy atom. The van der Waals surface area contributed by atoms with E-state index in [9.17, 15) is 29.4 Å². The Bertz CT molecular complexity index is 1370. The first-order chi connectivity index (χ1) is 24.5. The molecule has 11 atom stereocenters. The summed E-state index contributed by atoms with van der Waals surface area (Å²) in [6.45, 7) is 13.1. The Labute approximate surface area is 372 Å². The molecule has 0 unspecified atom stereocenters. The molecule has 1 heterocycles. The van der Waals surface area contributed by atoms with Gasteiger partial charge in [0.1, 0.15) is 5.78 Å². The molecule has 0 bridgehead atoms. The first kappa shape index (κ1) is 49.4. The zero-order chi connectivity index (χ0) is 38.3. The van der Waals surface area contributed by atoms with Crippen molar-refractivity contribution < 1.29 is 96.5 Å². The van der Waals surface area contributed by atoms with Gasteiger partial charge >= 0.3 is 65.1 Å². The number of ketones is 1. The number of nitrogens with one attached hydrogen (secondary N) is 2. The maximum atomic E-state index is 13.0. The maximum Gasteiger partial charge on any atom is 1.00 e. The zero-order valence-corrected chi connectivity index (χ0v) is 38.7. The Balaban J connectivity index is 0.00000101. The van der Waals surface area contributed by atoms with E-state index in [1.165, 1.54) is 19.3 Å². The van der Waals surface area contributed by atoms with Crippen LogP contribution in [-0.4, -0.2) is 62.7 Å². The molecular formula is C43H70N2Na2O7. The minimum atomic E-state index is -0.801. The molecule has 4 fully saturated rings. The third-order valence-electron chi connectivity index (χ3n) is 13.2. The summed E-state index contributed by atoms with van der Waals surface area (Å²) in [7, 11) is 0. The van der Waals surface area contributed by atoms with E-state index in [1.807, 2.05) is 12.2 Å². The number of aliphatic carboxylic acids is 1. The van der Waals surface area contributed by atoms with Crippen LogP contribution < -0.4 is 69.7 Å². The summed E-state index contributed by atoms with van der Waals surface area (Å²) >= 11 is 0. The molecule has 0 aromatic heterocycles. The van der Waals surface area contributed by atoms with Crippen molar-refractivity contribution in [2.24, 2.45) is 46.3 Å². The van der Waals surface area contributed by atoms with Crippen molar-refractivity contribution in [1.29, 1.82) is 0 Å². The molecule has 54 heavy (non-hydrogen) atoms. The molecule has 0 radical (unpaired) electrons. The number of fused-ring (bicyclic) bond motifs is 5. The maximum absolute atomic E-state index is 13.0. The van der Waals surface area contributed by atoms with Gasteiger partial charge in [0.05, 0.1) is 12.2 Å². The van der Waals surface area contributed by atoms with Crippen LogP contribution in [0.3, 0.4) is 0 Å². The van der Waals surface area contributed by atoms with Crippen LogP contribution in [0, 0.1) is 46.3 Å². The van der Waals surface area contributed by atoms with Crippen LogP contribution in [0.25, 0.3) is 0 Å². The smallest absolute Gasteiger partial charge is 1.00 e. The van der Waals surface area contributed by atoms with Gasteiger partial charge in [-0.05, 0) is 114 Å². The summed E-state index contributed by atoms with van der Waals surface area (Å²) in [5.41, 5.74) is 0.0323. The summed E-state index contributed by atoms with van der Waals surface area (Å²) in [5.74, 6) is 1.15. The van der Waals surface area contributed by atoms with Gasteiger partial charge in [0, 0.05) is 47.6 Å². The molecule has 5 rings (SSSR count). The van der Waals surface area contributed by atoms with E-state index in [2.05, 4.69) is 58.3 Å². The van der Waals surface area contributed by atoms with Crippen molar-refractivity contribution >= 4 is 23.6 Å². The minimum absolute atomic E-state index is 0. The molecule has 0 aromatic rings. The predicted molar refractivity (Wildman–Crippen MR) is 206 cm³/mol. The number of aliphatic hydroxyl groups is 2. The standard InChI is InChI=1S/C23H36N2O2.C20H32O5.2Na.2H/c1-21(2,3)25-20(27)17-8-7-15-14-6-9-18-23(5,13-11-19(26)24-18)16(14)10-12-22(15,17)4;1-2-3-6-9-15(21)12-13-17-16(18(22)14-19(17)23)10-7-4-5-8-11-20(24)25;;;;/h11,13-18H,6-10,12H2,1-5H3,(H,24,26)(H,25,27);4,7,12-13,15-17,19,21,23H,2-3,5-6,8-11,14H2,1H3,(H,24,25);;;;/q;;2*+1;2*-1/b;7-4-,13-12+;;;;/t14-,15-,16-,17+,18+,22-,23+;15-,16+,17+,19+;;;;/m00..../s1. The molecule has 2 amide bonds. The molecule has 5 N–H and O–H groups in total. The molecule has 9 nitrogen and oxygen atoms in total. The second-order valence-electron chi connectivity index (χ2n) is 18.0. The van der Waals surface area contributed by atoms with Crippen molar-refractivity contribution in [2.45, 2.75) is 162 Å². The van der Waals surface area contributed by atoms with Crippen molar-refractivity contribution in [2.75, 3.05) is 0 Å². The average molecular weight is 773 g/mol. The fraction of sp³-hybridized carbons (Fsp3) is 0.767. The van der Waals surface area contributed by atoms with Gasteiger partial charge in [-0.1, -0.05) is 70.4 Å². The molecule has 0 saturated heterocycles. The van der Waals surface area contributed by atoms with Crippen LogP contribution in [0.1, 0.15) is 141 Å². The summed E-state index contributed by atoms with van der Waals surface area (Å²) in [5, 5.41) is 35.2. The largest absolute Gasteiger partial charge is 1.00 e. The van der Waals surface area contributed by atoms with Crippen molar-refractivity contribution in [3.63, 3.8) is 0 Å². The molecule has 4 aliphatic carbocycles. The van der Waals surface area contributed by atoms with Gasteiger partial charge in [-0.2, -0.15) is 0 Å². The van der Waals surface area contributed by atoms with E-state index in [-0.39, 0.29) is 133 Å². The first-order valence-electron chi connectivity index (χ1n) is 20.3. The van der Waals surface area contributed by atoms with Gasteiger partial charge in [0.25, 0.3) is 0 Å². The monoisotopic (exact) mass is 772 g/mol. The molecular weight excluding hydrogens is 702 g/mol. The van der Waals surface area contributed by atoms with E-state index in [4.69, 9.17) is 5.11 Å². The summed E-state index contributed by atoms with van der Waals surface area (Å²) in [6, 6.07) is 0.280. The van der Waals surface area contributed by atoms with Gasteiger partial charge in [-0.15, -0.1) is 0 Å². The van der Waals surface area contributed by atoms with Gasteiger partial charge in [0.15, 0.2) is 0 Å². The van der Waals surface area contributed by atoms with Crippen LogP contribution in [0.5, 0.6) is 0 Å². The third kappa shape index (κ3) is 12.6. The number of hydrogen-bond donors (Lipinski definition) is 5. The Kier molecular flexibility index (Phi) is 20.0. The number of Topliss-reactive ketones (excluding diaryl/α,β-unsaturated/α-hetero) is 1. The number of aliphatic hydroxyl groups excluding tert-OH is 2. The third-order valence-corrected chi connectivity index (χ3v) is 13.2. The molecule has 11 heteroatoms. The number of carboxylic acids is 1. The van der Waals surface area contributed by atoms with Gasteiger partial charge in [-0.25, -0.2) is 0 Å². The van der Waals surface area contributed by atoms with E-state index in [1.54, 1.807) is 18.2 Å². The summed E-state index contributed by atoms with van der Waals surface area (Å²) in [4.78, 5) is 47.4. The Morgan fingerprint density at radius 3 is 2.43 bits per heavy atom. The number of hydrogen-bond acceptors (Lipinski definition) is 6. The average Bonchev–Trinajstić information content (AvgIpc) is 3.55. The number of amides is 2. The summed E-state index contributed by atoms with van der Waals surface area (Å²) in [6.07, 6.45) is 22.8. The zero-order valence-electron chi connectivity index (χ0n) is 36.7. The quantitative estimate of drug-likeness (QED) is 0.108. The number of carboxylic acid groups (broad SMARTS) is 1. The molecule has 0 spiro atoms. The van der Waals surface area contributed by atoms with Crippen LogP contribution in [0.15, 0.2) is 36.5 Å². The van der Waals surface area contributed by atoms with E-state index < -0.39 is 18.2 Å². The van der Waals surface area contributed by atoms with Gasteiger partial charge in [0.2, 0.25) is 11.8 Å². The Hall–Kier alpha value is -0.780. The molecule has 4 saturated carbocycles. The van der Waals surface area contributed by atoms with Crippen LogP contribution in [-0.2, 0) is 19.2 Å². The Morgan fingerprint density at radius 1 is 1.04 bits per heavy atom. The fourth-order valence-corrected chi connectivity index (χ4v) is 10.4. The molecule has 1 aliphatic heterocycles. The second kappa shape index (κ2) is 21.8. The number of carbonyl (C=O) groups is 4. The number of carbonyl (C=O) groups excluding carboxylic acids is 3. The number of unbranched alkanes of at least 4 members (excludes halogenated alkanes) is 3. The van der Waals surface area contributed by atoms with Crippen LogP contribution in [0.2, 0.25) is 0 Å². The van der Waals surface area contributed by atoms with Gasteiger partial charge < -0.3 is 28.8 Å². The first-order valence-corrected chi connectivity index (χ1v) is 20.3. The second-order valence-corrected chi connectivity index (χ2v) is 18.0. The van der Waals surface area contributed by atoms with E-state index in [0.717, 1.165) is 38.5 Å². The summed E-state index contributed by atoms with van der Waals surface area (Å²) < 4.78 is 0. The minimum Gasteiger partial charge on any atom is -1.00 e. The normalized spacial score (nSPS) is 34.7. The topological polar surface area (TPSA) is 153 Å². The van der Waals surface area contributed by atoms with Crippen LogP contribution in [0.4, 0.5) is 0 Å². The van der Waals surface area contributed by atoms with E-state index in [0.29, 0.717) is 43.4 Å². The fourth-order valence-electron chi connectivity index (χ4n) is 10.4. The predicted octanol–water partition coefficient (Wildman–Crippen LogP) is 1.30. The SMILES string of the molecule is CC(C)(C)NC(=O)[C@H]1CC[C@H]2[C@@H]3CC[C@H]4NC(=O)C=C[C@]4(C)[C@H]3CC[C@]12C.CCCCC[C@H](O)/C=C/[C@H]1[C@H](O)CC(=O)[C@@H]1C/C=C\CCCC(=O)O.[H-].[H-].[Na+].[Na+].